The second-order valence-electron chi connectivity index (χ2n) is 11.9. The van der Waals surface area contributed by atoms with Gasteiger partial charge in [-0.1, -0.05) is 30.3 Å². The van der Waals surface area contributed by atoms with Crippen molar-refractivity contribution in [3.05, 3.63) is 54.3 Å². The molecule has 0 radical (unpaired) electrons. The number of phenols is 1. The maximum Gasteiger partial charge on any atom is 0.319 e. The molecule has 3 N–H and O–H groups in total. The number of likely N-dealkylation sites (tertiary alicyclic amines) is 1. The van der Waals surface area contributed by atoms with E-state index in [1.54, 1.807) is 18.2 Å². The van der Waals surface area contributed by atoms with E-state index in [9.17, 15) is 9.90 Å². The number of nitrogens with two attached hydrogens (primary N) is 1. The molecule has 9 nitrogen and oxygen atoms in total. The van der Waals surface area contributed by atoms with Crippen LogP contribution >= 0.6 is 0 Å². The minimum Gasteiger partial charge on any atom is -0.508 e. The Morgan fingerprint density at radius 3 is 2.57 bits per heavy atom. The van der Waals surface area contributed by atoms with Gasteiger partial charge in [0.15, 0.2) is 5.82 Å². The van der Waals surface area contributed by atoms with Crippen LogP contribution in [-0.2, 0) is 4.79 Å². The average Bonchev–Trinajstić information content (AvgIpc) is 3.47. The average molecular weight is 571 g/mol. The molecule has 3 atom stereocenters. The van der Waals surface area contributed by atoms with Crippen LogP contribution in [0.3, 0.4) is 0 Å². The molecular weight excluding hydrogens is 535 g/mol. The van der Waals surface area contributed by atoms with Gasteiger partial charge in [-0.05, 0) is 73.8 Å². The summed E-state index contributed by atoms with van der Waals surface area (Å²) in [7, 11) is 2.08. The molecule has 0 spiro atoms. The Kier molecular flexibility index (Phi) is 6.82. The van der Waals surface area contributed by atoms with Gasteiger partial charge >= 0.3 is 6.01 Å². The van der Waals surface area contributed by atoms with E-state index in [2.05, 4.69) is 26.7 Å². The third kappa shape index (κ3) is 4.78. The van der Waals surface area contributed by atoms with Gasteiger partial charge in [0.1, 0.15) is 23.7 Å². The summed E-state index contributed by atoms with van der Waals surface area (Å²) in [5.74, 6) is -0.100. The highest BCUT2D eigenvalue weighted by Gasteiger charge is 2.41. The molecule has 1 amide bonds. The van der Waals surface area contributed by atoms with E-state index in [0.29, 0.717) is 42.0 Å². The molecule has 7 rings (SSSR count). The van der Waals surface area contributed by atoms with Crippen LogP contribution in [0.15, 0.2) is 48.5 Å². The zero-order valence-corrected chi connectivity index (χ0v) is 23.7. The van der Waals surface area contributed by atoms with Crippen LogP contribution in [0.5, 0.6) is 11.8 Å². The van der Waals surface area contributed by atoms with Gasteiger partial charge in [-0.2, -0.15) is 9.97 Å². The maximum atomic E-state index is 16.6. The molecule has 218 valence electrons. The van der Waals surface area contributed by atoms with E-state index in [0.717, 1.165) is 43.0 Å². The number of fused-ring (bicyclic) bond motifs is 4. The van der Waals surface area contributed by atoms with E-state index in [1.165, 1.54) is 0 Å². The van der Waals surface area contributed by atoms with Crippen molar-refractivity contribution in [1.82, 2.24) is 19.8 Å². The lowest BCUT2D eigenvalue weighted by Crippen LogP contribution is -2.56. The summed E-state index contributed by atoms with van der Waals surface area (Å²) in [5, 5.41) is 12.7. The van der Waals surface area contributed by atoms with Crippen LogP contribution in [0.2, 0.25) is 0 Å². The van der Waals surface area contributed by atoms with Gasteiger partial charge in [0.05, 0.1) is 6.54 Å². The number of hydrogen-bond acceptors (Lipinski definition) is 8. The lowest BCUT2D eigenvalue weighted by molar-refractivity contribution is -0.120. The number of anilines is 1. The number of amides is 1. The first-order valence-electron chi connectivity index (χ1n) is 14.7. The van der Waals surface area contributed by atoms with Crippen molar-refractivity contribution >= 4 is 33.4 Å². The summed E-state index contributed by atoms with van der Waals surface area (Å²) >= 11 is 0. The fourth-order valence-electron chi connectivity index (χ4n) is 7.12. The molecule has 0 saturated carbocycles. The van der Waals surface area contributed by atoms with Crippen molar-refractivity contribution in [2.45, 2.75) is 43.8 Å². The first-order valence-corrected chi connectivity index (χ1v) is 14.7. The fraction of sp³-hybridized carbons (Fsp3) is 0.406. The summed E-state index contributed by atoms with van der Waals surface area (Å²) in [6.45, 7) is 3.00. The predicted molar refractivity (Wildman–Crippen MR) is 160 cm³/mol. The molecule has 1 aromatic heterocycles. The van der Waals surface area contributed by atoms with Crippen molar-refractivity contribution in [2.24, 2.45) is 5.73 Å². The Morgan fingerprint density at radius 2 is 1.83 bits per heavy atom. The molecule has 10 heteroatoms. The number of ether oxygens (including phenoxy) is 1. The number of phenolic OH excluding ortho intramolecular Hbond substituents is 1. The molecular formula is C32H35FN6O3. The normalized spacial score (nSPS) is 22.8. The highest BCUT2D eigenvalue weighted by Crippen LogP contribution is 2.40. The minimum absolute atomic E-state index is 0.0700. The molecule has 3 fully saturated rings. The summed E-state index contributed by atoms with van der Waals surface area (Å²) in [6.07, 6.45) is 4.09. The predicted octanol–water partition coefficient (Wildman–Crippen LogP) is 3.91. The third-order valence-corrected chi connectivity index (χ3v) is 9.25. The summed E-state index contributed by atoms with van der Waals surface area (Å²) < 4.78 is 22.8. The lowest BCUT2D eigenvalue weighted by Gasteiger charge is -2.41. The number of rotatable bonds is 7. The van der Waals surface area contributed by atoms with E-state index >= 15 is 4.39 Å². The SMILES string of the molecule is CN1CCC[C@H]1COc1nc(N2C[C@H]3CC[C@@H](C2)N3CC(N)=O)c2ccc(-c3cc(O)cc4ccccc34)c(F)c2n1. The van der Waals surface area contributed by atoms with E-state index in [1.807, 2.05) is 30.3 Å². The molecule has 3 aromatic carbocycles. The van der Waals surface area contributed by atoms with Crippen LogP contribution in [0.1, 0.15) is 25.7 Å². The summed E-state index contributed by atoms with van der Waals surface area (Å²) in [6, 6.07) is 15.3. The number of halogens is 1. The smallest absolute Gasteiger partial charge is 0.319 e. The van der Waals surface area contributed by atoms with Crippen LogP contribution in [0, 0.1) is 5.82 Å². The van der Waals surface area contributed by atoms with Crippen molar-refractivity contribution < 1.29 is 19.0 Å². The zero-order chi connectivity index (χ0) is 29.0. The number of benzene rings is 3. The largest absolute Gasteiger partial charge is 0.508 e. The monoisotopic (exact) mass is 570 g/mol. The number of piperazine rings is 1. The molecule has 4 heterocycles. The number of carbonyl (C=O) groups excluding carboxylic acids is 1. The highest BCUT2D eigenvalue weighted by molar-refractivity contribution is 6.01. The second kappa shape index (κ2) is 10.7. The van der Waals surface area contributed by atoms with E-state index in [-0.39, 0.29) is 47.9 Å². The Bertz CT molecular complexity index is 1670. The number of aromatic hydroxyl groups is 1. The quantitative estimate of drug-likeness (QED) is 0.345. The molecule has 3 saturated heterocycles. The first kappa shape index (κ1) is 26.9. The fourth-order valence-corrected chi connectivity index (χ4v) is 7.12. The number of carbonyl (C=O) groups is 1. The van der Waals surface area contributed by atoms with E-state index in [4.69, 9.17) is 15.5 Å². The standard InChI is InChI=1S/C32H35FN6O3/c1-37-12-4-6-22(37)18-42-32-35-30-26(31(36-32)38-15-20-8-9-21(16-38)39(20)17-28(34)41)11-10-25(29(30)33)27-14-23(40)13-19-5-2-3-7-24(19)27/h2-3,5,7,10-11,13-14,20-22,40H,4,6,8-9,12,15-18H2,1H3,(H2,34,41)/t20-,21+,22-/m0/s1. The number of primary amides is 1. The molecule has 42 heavy (non-hydrogen) atoms. The molecule has 3 aliphatic heterocycles. The van der Waals surface area contributed by atoms with E-state index < -0.39 is 5.82 Å². The van der Waals surface area contributed by atoms with Gasteiger partial charge in [-0.3, -0.25) is 9.69 Å². The maximum absolute atomic E-state index is 16.6. The van der Waals surface area contributed by atoms with Gasteiger partial charge in [0, 0.05) is 42.2 Å². The molecule has 4 aromatic rings. The minimum atomic E-state index is -0.481. The van der Waals surface area contributed by atoms with Crippen molar-refractivity contribution in [3.8, 4) is 22.9 Å². The van der Waals surface area contributed by atoms with Gasteiger partial charge in [0.2, 0.25) is 5.91 Å². The van der Waals surface area contributed by atoms with Crippen LogP contribution in [-0.4, -0.2) is 88.7 Å². The Hall–Kier alpha value is -4.02. The van der Waals surface area contributed by atoms with Gasteiger partial charge < -0.3 is 25.4 Å². The summed E-state index contributed by atoms with van der Waals surface area (Å²) in [5.41, 5.74) is 6.68. The Balaban J connectivity index is 1.32. The Morgan fingerprint density at radius 1 is 1.05 bits per heavy atom. The van der Waals surface area contributed by atoms with Gasteiger partial charge in [0.25, 0.3) is 0 Å². The van der Waals surface area contributed by atoms with Gasteiger partial charge in [-0.15, -0.1) is 0 Å². The lowest BCUT2D eigenvalue weighted by atomic mass is 9.96. The van der Waals surface area contributed by atoms with Crippen LogP contribution in [0.4, 0.5) is 10.2 Å². The number of hydrogen-bond donors (Lipinski definition) is 2. The second-order valence-corrected chi connectivity index (χ2v) is 11.9. The van der Waals surface area contributed by atoms with Crippen molar-refractivity contribution in [1.29, 1.82) is 0 Å². The zero-order valence-electron chi connectivity index (χ0n) is 23.7. The summed E-state index contributed by atoms with van der Waals surface area (Å²) in [4.78, 5) is 27.8. The first-order chi connectivity index (χ1) is 20.4. The molecule has 0 aliphatic carbocycles. The highest BCUT2D eigenvalue weighted by atomic mass is 19.1. The topological polar surface area (TPSA) is 108 Å². The number of nitrogens with zero attached hydrogens (tertiary/aromatic N) is 5. The Labute approximate surface area is 243 Å². The van der Waals surface area contributed by atoms with Crippen LogP contribution in [0.25, 0.3) is 32.8 Å². The number of aromatic nitrogens is 2. The van der Waals surface area contributed by atoms with Crippen LogP contribution < -0.4 is 15.4 Å². The van der Waals surface area contributed by atoms with Crippen molar-refractivity contribution in [3.63, 3.8) is 0 Å². The van der Waals surface area contributed by atoms with Crippen molar-refractivity contribution in [2.75, 3.05) is 44.7 Å². The third-order valence-electron chi connectivity index (χ3n) is 9.25. The molecule has 3 aliphatic rings. The number of likely N-dealkylation sites (N-methyl/N-ethyl adjacent to an activating group) is 1. The van der Waals surface area contributed by atoms with Gasteiger partial charge in [-0.25, -0.2) is 4.39 Å². The molecule has 2 bridgehead atoms. The molecule has 0 unspecified atom stereocenters.